The van der Waals surface area contributed by atoms with Crippen LogP contribution in [0, 0.1) is 0 Å². The topological polar surface area (TPSA) is 47.6 Å². The molecule has 0 radical (unpaired) electrons. The lowest BCUT2D eigenvalue weighted by molar-refractivity contribution is 0.0237. The van der Waals surface area contributed by atoms with Crippen LogP contribution < -0.4 is 5.48 Å². The standard InChI is InChI=1S/C5H10FNO3/c1-2-9-5(8)7-10-4-3-6/h2-4H2,1H3,(H,7,8). The summed E-state index contributed by atoms with van der Waals surface area (Å²) in [4.78, 5) is 14.6. The molecule has 10 heavy (non-hydrogen) atoms. The van der Waals surface area contributed by atoms with Crippen molar-refractivity contribution < 1.29 is 18.8 Å². The second-order valence-corrected chi connectivity index (χ2v) is 1.36. The third-order valence-electron chi connectivity index (χ3n) is 0.610. The first-order valence-corrected chi connectivity index (χ1v) is 2.91. The van der Waals surface area contributed by atoms with E-state index in [1.165, 1.54) is 0 Å². The predicted molar refractivity (Wildman–Crippen MR) is 32.1 cm³/mol. The summed E-state index contributed by atoms with van der Waals surface area (Å²) in [5.74, 6) is 0. The molecule has 4 nitrogen and oxygen atoms in total. The minimum Gasteiger partial charge on any atom is -0.448 e. The molecule has 0 unspecified atom stereocenters. The minimum atomic E-state index is -0.698. The lowest BCUT2D eigenvalue weighted by Gasteiger charge is -2.02. The first-order valence-electron chi connectivity index (χ1n) is 2.91. The van der Waals surface area contributed by atoms with Crippen LogP contribution in [0.25, 0.3) is 0 Å². The smallest absolute Gasteiger partial charge is 0.431 e. The second kappa shape index (κ2) is 6.28. The summed E-state index contributed by atoms with van der Waals surface area (Å²) in [5, 5.41) is 0. The first kappa shape index (κ1) is 9.16. The van der Waals surface area contributed by atoms with E-state index in [9.17, 15) is 9.18 Å². The Balaban J connectivity index is 3.05. The molecule has 0 heterocycles. The number of halogens is 1. The zero-order valence-corrected chi connectivity index (χ0v) is 5.72. The number of alkyl halides is 1. The molecular weight excluding hydrogens is 141 g/mol. The van der Waals surface area contributed by atoms with E-state index in [-0.39, 0.29) is 13.2 Å². The van der Waals surface area contributed by atoms with Gasteiger partial charge >= 0.3 is 6.09 Å². The van der Waals surface area contributed by atoms with Gasteiger partial charge in [-0.1, -0.05) is 0 Å². The molecule has 0 bridgehead atoms. The molecule has 0 aliphatic rings. The van der Waals surface area contributed by atoms with Crippen LogP contribution in [0.4, 0.5) is 9.18 Å². The van der Waals surface area contributed by atoms with Gasteiger partial charge in [0.2, 0.25) is 0 Å². The average Bonchev–Trinajstić information content (AvgIpc) is 1.89. The molecule has 5 heteroatoms. The highest BCUT2D eigenvalue weighted by atomic mass is 19.1. The Kier molecular flexibility index (Phi) is 5.75. The molecule has 0 aromatic heterocycles. The van der Waals surface area contributed by atoms with Crippen LogP contribution in [0.15, 0.2) is 0 Å². The van der Waals surface area contributed by atoms with Gasteiger partial charge in [0.25, 0.3) is 0 Å². The molecule has 1 N–H and O–H groups in total. The van der Waals surface area contributed by atoms with E-state index in [0.29, 0.717) is 0 Å². The number of nitrogens with one attached hydrogen (secondary N) is 1. The summed E-state index contributed by atoms with van der Waals surface area (Å²) in [7, 11) is 0. The van der Waals surface area contributed by atoms with E-state index in [4.69, 9.17) is 0 Å². The SMILES string of the molecule is CCOC(=O)NOCCF. The Morgan fingerprint density at radius 3 is 2.90 bits per heavy atom. The van der Waals surface area contributed by atoms with E-state index in [0.717, 1.165) is 0 Å². The Morgan fingerprint density at radius 1 is 1.70 bits per heavy atom. The first-order chi connectivity index (χ1) is 4.81. The highest BCUT2D eigenvalue weighted by Crippen LogP contribution is 1.76. The Labute approximate surface area is 58.3 Å². The fourth-order valence-corrected chi connectivity index (χ4v) is 0.309. The number of hydrogen-bond donors (Lipinski definition) is 1. The van der Waals surface area contributed by atoms with Gasteiger partial charge in [0, 0.05) is 0 Å². The summed E-state index contributed by atoms with van der Waals surface area (Å²) < 4.78 is 15.7. The number of hydroxylamine groups is 1. The Bertz CT molecular complexity index is 98.9. The van der Waals surface area contributed by atoms with Gasteiger partial charge in [0.05, 0.1) is 6.61 Å². The van der Waals surface area contributed by atoms with E-state index in [1.54, 1.807) is 6.92 Å². The third kappa shape index (κ3) is 5.30. The maximum absolute atomic E-state index is 11.3. The van der Waals surface area contributed by atoms with E-state index in [1.807, 2.05) is 5.48 Å². The van der Waals surface area contributed by atoms with E-state index >= 15 is 0 Å². The van der Waals surface area contributed by atoms with Crippen LogP contribution in [0.2, 0.25) is 0 Å². The fraction of sp³-hybridized carbons (Fsp3) is 0.800. The number of hydrogen-bond acceptors (Lipinski definition) is 3. The molecule has 1 amide bonds. The highest BCUT2D eigenvalue weighted by Gasteiger charge is 1.97. The van der Waals surface area contributed by atoms with Gasteiger partial charge in [-0.2, -0.15) is 5.48 Å². The summed E-state index contributed by atoms with van der Waals surface area (Å²) in [6.07, 6.45) is -0.698. The predicted octanol–water partition coefficient (Wildman–Crippen LogP) is 0.634. The molecule has 0 aliphatic heterocycles. The average molecular weight is 151 g/mol. The quantitative estimate of drug-likeness (QED) is 0.473. The molecule has 0 aromatic rings. The molecule has 0 saturated carbocycles. The van der Waals surface area contributed by atoms with Crippen molar-refractivity contribution in [2.24, 2.45) is 0 Å². The van der Waals surface area contributed by atoms with Crippen molar-refractivity contribution in [2.45, 2.75) is 6.92 Å². The van der Waals surface area contributed by atoms with Crippen LogP contribution >= 0.6 is 0 Å². The van der Waals surface area contributed by atoms with Crippen molar-refractivity contribution in [3.05, 3.63) is 0 Å². The maximum atomic E-state index is 11.3. The van der Waals surface area contributed by atoms with Crippen LogP contribution in [-0.2, 0) is 9.57 Å². The second-order valence-electron chi connectivity index (χ2n) is 1.36. The fourth-order valence-electron chi connectivity index (χ4n) is 0.309. The van der Waals surface area contributed by atoms with Crippen molar-refractivity contribution in [1.82, 2.24) is 5.48 Å². The normalized spacial score (nSPS) is 9.00. The lowest BCUT2D eigenvalue weighted by atomic mass is 10.8. The zero-order valence-electron chi connectivity index (χ0n) is 5.72. The monoisotopic (exact) mass is 151 g/mol. The van der Waals surface area contributed by atoms with Gasteiger partial charge in [0.1, 0.15) is 13.3 Å². The number of amides is 1. The van der Waals surface area contributed by atoms with Crippen molar-refractivity contribution in [2.75, 3.05) is 19.9 Å². The number of ether oxygens (including phenoxy) is 1. The largest absolute Gasteiger partial charge is 0.448 e. The van der Waals surface area contributed by atoms with E-state index in [2.05, 4.69) is 9.57 Å². The van der Waals surface area contributed by atoms with Crippen LogP contribution in [0.3, 0.4) is 0 Å². The molecule has 60 valence electrons. The van der Waals surface area contributed by atoms with Crippen LogP contribution in [0.1, 0.15) is 6.92 Å². The van der Waals surface area contributed by atoms with Gasteiger partial charge in [-0.25, -0.2) is 9.18 Å². The maximum Gasteiger partial charge on any atom is 0.431 e. The summed E-state index contributed by atoms with van der Waals surface area (Å²) in [5.41, 5.74) is 1.88. The summed E-state index contributed by atoms with van der Waals surface area (Å²) in [6, 6.07) is 0. The minimum absolute atomic E-state index is 0.154. The number of carbonyl (C=O) groups excluding carboxylic acids is 1. The molecule has 0 spiro atoms. The molecule has 0 rings (SSSR count). The van der Waals surface area contributed by atoms with Gasteiger partial charge < -0.3 is 4.74 Å². The van der Waals surface area contributed by atoms with Crippen molar-refractivity contribution in [1.29, 1.82) is 0 Å². The Hall–Kier alpha value is -0.840. The molecule has 0 saturated heterocycles. The number of carbonyl (C=O) groups is 1. The zero-order chi connectivity index (χ0) is 7.82. The Morgan fingerprint density at radius 2 is 2.40 bits per heavy atom. The third-order valence-corrected chi connectivity index (χ3v) is 0.610. The van der Waals surface area contributed by atoms with Gasteiger partial charge in [-0.3, -0.25) is 4.84 Å². The van der Waals surface area contributed by atoms with Crippen molar-refractivity contribution in [3.8, 4) is 0 Å². The van der Waals surface area contributed by atoms with Gasteiger partial charge in [-0.05, 0) is 6.92 Å². The van der Waals surface area contributed by atoms with Crippen molar-refractivity contribution in [3.63, 3.8) is 0 Å². The van der Waals surface area contributed by atoms with Gasteiger partial charge in [0.15, 0.2) is 0 Å². The molecular formula is C5H10FNO3. The van der Waals surface area contributed by atoms with Crippen LogP contribution in [0.5, 0.6) is 0 Å². The van der Waals surface area contributed by atoms with Crippen molar-refractivity contribution >= 4 is 6.09 Å². The summed E-state index contributed by atoms with van der Waals surface area (Å²) in [6.45, 7) is 1.14. The van der Waals surface area contributed by atoms with Gasteiger partial charge in [-0.15, -0.1) is 0 Å². The molecule has 0 aromatic carbocycles. The molecule has 0 atom stereocenters. The summed E-state index contributed by atoms with van der Waals surface area (Å²) >= 11 is 0. The highest BCUT2D eigenvalue weighted by molar-refractivity contribution is 5.65. The van der Waals surface area contributed by atoms with Crippen LogP contribution in [-0.4, -0.2) is 26.0 Å². The van der Waals surface area contributed by atoms with E-state index < -0.39 is 12.8 Å². The lowest BCUT2D eigenvalue weighted by Crippen LogP contribution is -2.25. The molecule has 0 fully saturated rings. The molecule has 0 aliphatic carbocycles. The number of rotatable bonds is 4.